The molecule has 0 fully saturated rings. The minimum absolute atomic E-state index is 0.228. The number of hydrogen-bond donors (Lipinski definition) is 1. The summed E-state index contributed by atoms with van der Waals surface area (Å²) in [6.07, 6.45) is 18.4. The normalized spacial score (nSPS) is 20.1. The Bertz CT molecular complexity index is 534. The van der Waals surface area contributed by atoms with E-state index < -0.39 is 0 Å². The van der Waals surface area contributed by atoms with E-state index in [1.807, 2.05) is 6.08 Å². The van der Waals surface area contributed by atoms with Crippen LogP contribution in [0.5, 0.6) is 0 Å². The smallest absolute Gasteiger partial charge is 0.0112 e. The van der Waals surface area contributed by atoms with Crippen LogP contribution in [0.1, 0.15) is 41.0 Å². The van der Waals surface area contributed by atoms with Gasteiger partial charge in [-0.15, -0.1) is 0 Å². The fourth-order valence-electron chi connectivity index (χ4n) is 2.50. The van der Waals surface area contributed by atoms with Crippen LogP contribution in [0.4, 0.5) is 0 Å². The molecule has 0 aliphatic heterocycles. The number of hydrogen-bond acceptors (Lipinski definition) is 1. The van der Waals surface area contributed by atoms with Crippen LogP contribution in [0.3, 0.4) is 0 Å². The molecule has 0 bridgehead atoms. The van der Waals surface area contributed by atoms with Crippen molar-refractivity contribution in [1.29, 1.82) is 0 Å². The van der Waals surface area contributed by atoms with E-state index in [4.69, 9.17) is 5.73 Å². The van der Waals surface area contributed by atoms with E-state index in [9.17, 15) is 0 Å². The van der Waals surface area contributed by atoms with E-state index in [-0.39, 0.29) is 5.41 Å². The Morgan fingerprint density at radius 3 is 2.57 bits per heavy atom. The van der Waals surface area contributed by atoms with E-state index in [1.54, 1.807) is 0 Å². The Balaban J connectivity index is 2.80. The molecule has 114 valence electrons. The average molecular weight is 283 g/mol. The molecule has 1 nitrogen and oxygen atoms in total. The van der Waals surface area contributed by atoms with Gasteiger partial charge in [-0.25, -0.2) is 0 Å². The Labute approximate surface area is 130 Å². The lowest BCUT2D eigenvalue weighted by atomic mass is 9.75. The first-order chi connectivity index (χ1) is 9.86. The molecule has 2 N–H and O–H groups in total. The van der Waals surface area contributed by atoms with Crippen LogP contribution in [0, 0.1) is 5.41 Å². The quantitative estimate of drug-likeness (QED) is 0.685. The molecule has 0 aromatic heterocycles. The standard InChI is InChI=1S/C20H29N/c1-16(8-6-9-17(2)13-15-21)11-12-19-18(3)10-7-14-20(19,4)5/h6-13H,14-15,21H2,1-5H3/b9-6+,12-11+,16-8+,17-13-. The van der Waals surface area contributed by atoms with Crippen molar-refractivity contribution in [1.82, 2.24) is 0 Å². The molecule has 0 heterocycles. The molecular formula is C20H29N. The van der Waals surface area contributed by atoms with Gasteiger partial charge in [-0.05, 0) is 43.8 Å². The summed E-state index contributed by atoms with van der Waals surface area (Å²) in [5, 5.41) is 0. The highest BCUT2D eigenvalue weighted by Gasteiger charge is 2.23. The maximum Gasteiger partial charge on any atom is 0.0112 e. The molecule has 0 atom stereocenters. The highest BCUT2D eigenvalue weighted by Crippen LogP contribution is 2.37. The molecule has 21 heavy (non-hydrogen) atoms. The molecule has 1 heteroatoms. The van der Waals surface area contributed by atoms with Gasteiger partial charge in [0.2, 0.25) is 0 Å². The first kappa shape index (κ1) is 17.5. The van der Waals surface area contributed by atoms with Crippen molar-refractivity contribution in [2.45, 2.75) is 41.0 Å². The SMILES string of the molecule is CC1=C(/C=C/C(C)=C/C=C/C(C)=C\CN)C(C)(C)CC=C1. The fourth-order valence-corrected chi connectivity index (χ4v) is 2.50. The minimum atomic E-state index is 0.228. The van der Waals surface area contributed by atoms with Gasteiger partial charge in [0.25, 0.3) is 0 Å². The van der Waals surface area contributed by atoms with E-state index in [0.29, 0.717) is 6.54 Å². The van der Waals surface area contributed by atoms with Crippen LogP contribution in [-0.4, -0.2) is 6.54 Å². The molecule has 0 aromatic carbocycles. The maximum absolute atomic E-state index is 5.48. The molecule has 0 spiro atoms. The Morgan fingerprint density at radius 1 is 1.24 bits per heavy atom. The molecular weight excluding hydrogens is 254 g/mol. The number of nitrogens with two attached hydrogens (primary N) is 1. The van der Waals surface area contributed by atoms with E-state index in [0.717, 1.165) is 6.42 Å². The van der Waals surface area contributed by atoms with Gasteiger partial charge in [-0.2, -0.15) is 0 Å². The monoisotopic (exact) mass is 283 g/mol. The van der Waals surface area contributed by atoms with E-state index in [2.05, 4.69) is 77.2 Å². The van der Waals surface area contributed by atoms with Crippen molar-refractivity contribution >= 4 is 0 Å². The molecule has 0 saturated carbocycles. The molecule has 0 radical (unpaired) electrons. The number of allylic oxidation sites excluding steroid dienone is 11. The summed E-state index contributed by atoms with van der Waals surface area (Å²) in [5.74, 6) is 0. The van der Waals surface area contributed by atoms with Gasteiger partial charge in [-0.1, -0.05) is 73.6 Å². The molecule has 1 rings (SSSR count). The third-order valence-electron chi connectivity index (χ3n) is 3.82. The van der Waals surface area contributed by atoms with Crippen molar-refractivity contribution in [2.24, 2.45) is 11.1 Å². The van der Waals surface area contributed by atoms with Gasteiger partial charge in [0.15, 0.2) is 0 Å². The van der Waals surface area contributed by atoms with Crippen molar-refractivity contribution < 1.29 is 0 Å². The highest BCUT2D eigenvalue weighted by molar-refractivity contribution is 5.42. The Morgan fingerprint density at radius 2 is 1.95 bits per heavy atom. The van der Waals surface area contributed by atoms with Gasteiger partial charge < -0.3 is 5.73 Å². The summed E-state index contributed by atoms with van der Waals surface area (Å²) >= 11 is 0. The maximum atomic E-state index is 5.48. The highest BCUT2D eigenvalue weighted by atomic mass is 14.5. The fraction of sp³-hybridized carbons (Fsp3) is 0.400. The Hall–Kier alpha value is -1.60. The van der Waals surface area contributed by atoms with Crippen LogP contribution in [0.25, 0.3) is 0 Å². The van der Waals surface area contributed by atoms with Gasteiger partial charge in [-0.3, -0.25) is 0 Å². The average Bonchev–Trinajstić information content (AvgIpc) is 2.37. The third-order valence-corrected chi connectivity index (χ3v) is 3.82. The second-order valence-corrected chi connectivity index (χ2v) is 6.37. The van der Waals surface area contributed by atoms with Crippen molar-refractivity contribution in [3.05, 3.63) is 70.9 Å². The zero-order valence-corrected chi connectivity index (χ0v) is 14.1. The first-order valence-corrected chi connectivity index (χ1v) is 7.64. The topological polar surface area (TPSA) is 26.0 Å². The molecule has 0 saturated heterocycles. The zero-order valence-electron chi connectivity index (χ0n) is 14.1. The van der Waals surface area contributed by atoms with Gasteiger partial charge >= 0.3 is 0 Å². The predicted molar refractivity (Wildman–Crippen MR) is 95.1 cm³/mol. The summed E-state index contributed by atoms with van der Waals surface area (Å²) in [6, 6.07) is 0. The first-order valence-electron chi connectivity index (χ1n) is 7.64. The predicted octanol–water partition coefficient (Wildman–Crippen LogP) is 5.25. The summed E-state index contributed by atoms with van der Waals surface area (Å²) < 4.78 is 0. The Kier molecular flexibility index (Phi) is 6.64. The number of rotatable bonds is 5. The van der Waals surface area contributed by atoms with Crippen LogP contribution in [0.2, 0.25) is 0 Å². The molecule has 1 aliphatic carbocycles. The van der Waals surface area contributed by atoms with Gasteiger partial charge in [0, 0.05) is 6.54 Å². The summed E-state index contributed by atoms with van der Waals surface area (Å²) in [5.41, 5.74) is 11.0. The van der Waals surface area contributed by atoms with Crippen LogP contribution >= 0.6 is 0 Å². The van der Waals surface area contributed by atoms with E-state index >= 15 is 0 Å². The minimum Gasteiger partial charge on any atom is -0.327 e. The van der Waals surface area contributed by atoms with Crippen LogP contribution < -0.4 is 5.73 Å². The summed E-state index contributed by atoms with van der Waals surface area (Å²) in [7, 11) is 0. The lowest BCUT2D eigenvalue weighted by Gasteiger charge is -2.29. The van der Waals surface area contributed by atoms with Crippen LogP contribution in [0.15, 0.2) is 70.9 Å². The second kappa shape index (κ2) is 7.99. The molecule has 1 aliphatic rings. The van der Waals surface area contributed by atoms with Crippen molar-refractivity contribution in [2.75, 3.05) is 6.54 Å². The van der Waals surface area contributed by atoms with Crippen LogP contribution in [-0.2, 0) is 0 Å². The largest absolute Gasteiger partial charge is 0.327 e. The zero-order chi connectivity index (χ0) is 15.9. The summed E-state index contributed by atoms with van der Waals surface area (Å²) in [6.45, 7) is 11.6. The van der Waals surface area contributed by atoms with E-state index in [1.165, 1.54) is 22.3 Å². The van der Waals surface area contributed by atoms with Crippen molar-refractivity contribution in [3.8, 4) is 0 Å². The summed E-state index contributed by atoms with van der Waals surface area (Å²) in [4.78, 5) is 0. The molecule has 0 amide bonds. The lowest BCUT2D eigenvalue weighted by Crippen LogP contribution is -2.16. The molecule has 0 unspecified atom stereocenters. The molecule has 0 aromatic rings. The van der Waals surface area contributed by atoms with Gasteiger partial charge in [0.05, 0.1) is 0 Å². The second-order valence-electron chi connectivity index (χ2n) is 6.37. The van der Waals surface area contributed by atoms with Crippen molar-refractivity contribution in [3.63, 3.8) is 0 Å². The lowest BCUT2D eigenvalue weighted by molar-refractivity contribution is 0.456. The van der Waals surface area contributed by atoms with Gasteiger partial charge in [0.1, 0.15) is 0 Å². The third kappa shape index (κ3) is 5.73.